The first-order valence-corrected chi connectivity index (χ1v) is 11.4. The van der Waals surface area contributed by atoms with Crippen LogP contribution in [0.15, 0.2) is 47.5 Å². The van der Waals surface area contributed by atoms with Crippen molar-refractivity contribution in [3.05, 3.63) is 48.4 Å². The van der Waals surface area contributed by atoms with Crippen molar-refractivity contribution in [2.45, 2.75) is 35.9 Å². The standard InChI is InChI=1S/C20H21FN4O7S/c1-31-20(27)25-13-4-8-16(25)18(19(26)23-28)24(11-13)33(29,30)15-7-9-17(22-10-15)32-14-5-2-12(21)3-6-14/h2-3,5-7,9-10,13,16,18,28H,4,8,11H2,1H3,(H,23,26)/t13-,16+,18-/m1/s1. The van der Waals surface area contributed by atoms with Gasteiger partial charge >= 0.3 is 6.09 Å². The average molecular weight is 480 g/mol. The molecule has 2 aliphatic heterocycles. The fourth-order valence-electron chi connectivity index (χ4n) is 4.26. The summed E-state index contributed by atoms with van der Waals surface area (Å²) in [5, 5.41) is 9.24. The van der Waals surface area contributed by atoms with E-state index >= 15 is 0 Å². The first-order chi connectivity index (χ1) is 15.8. The highest BCUT2D eigenvalue weighted by atomic mass is 32.2. The number of aromatic nitrogens is 1. The predicted octanol–water partition coefficient (Wildman–Crippen LogP) is 1.49. The zero-order chi connectivity index (χ0) is 23.8. The number of benzene rings is 1. The molecular weight excluding hydrogens is 459 g/mol. The molecule has 13 heteroatoms. The highest BCUT2D eigenvalue weighted by molar-refractivity contribution is 7.89. The Morgan fingerprint density at radius 1 is 1.18 bits per heavy atom. The van der Waals surface area contributed by atoms with Crippen LogP contribution in [0.3, 0.4) is 0 Å². The van der Waals surface area contributed by atoms with Crippen molar-refractivity contribution >= 4 is 22.0 Å². The number of methoxy groups -OCH3 is 1. The highest BCUT2D eigenvalue weighted by Gasteiger charge is 2.55. The van der Waals surface area contributed by atoms with Crippen LogP contribution in [0.2, 0.25) is 0 Å². The van der Waals surface area contributed by atoms with Gasteiger partial charge in [-0.15, -0.1) is 0 Å². The molecule has 1 aromatic carbocycles. The third-order valence-electron chi connectivity index (χ3n) is 5.73. The molecule has 2 aromatic rings. The minimum absolute atomic E-state index is 0.0841. The third kappa shape index (κ3) is 4.21. The van der Waals surface area contributed by atoms with Gasteiger partial charge in [0.15, 0.2) is 0 Å². The third-order valence-corrected chi connectivity index (χ3v) is 7.56. The Hall–Kier alpha value is -3.29. The molecule has 0 unspecified atom stereocenters. The predicted molar refractivity (Wildman–Crippen MR) is 109 cm³/mol. The molecule has 2 saturated heterocycles. The number of nitrogens with one attached hydrogen (secondary N) is 1. The Morgan fingerprint density at radius 3 is 2.52 bits per heavy atom. The zero-order valence-electron chi connectivity index (χ0n) is 17.4. The lowest BCUT2D eigenvalue weighted by molar-refractivity contribution is -0.136. The molecule has 11 nitrogen and oxygen atoms in total. The van der Waals surface area contributed by atoms with Crippen molar-refractivity contribution in [2.75, 3.05) is 13.7 Å². The van der Waals surface area contributed by atoms with Gasteiger partial charge in [0.05, 0.1) is 19.3 Å². The molecule has 2 amide bonds. The minimum Gasteiger partial charge on any atom is -0.453 e. The second-order valence-electron chi connectivity index (χ2n) is 7.56. The summed E-state index contributed by atoms with van der Waals surface area (Å²) >= 11 is 0. The van der Waals surface area contributed by atoms with E-state index in [1.807, 2.05) is 0 Å². The van der Waals surface area contributed by atoms with Crippen LogP contribution in [0.5, 0.6) is 11.6 Å². The summed E-state index contributed by atoms with van der Waals surface area (Å²) in [6, 6.07) is 5.19. The van der Waals surface area contributed by atoms with Crippen molar-refractivity contribution in [3.8, 4) is 11.6 Å². The number of fused-ring (bicyclic) bond motifs is 2. The molecule has 3 atom stereocenters. The number of amides is 2. The van der Waals surface area contributed by atoms with Crippen LogP contribution in [-0.4, -0.2) is 71.6 Å². The SMILES string of the molecule is COC(=O)N1[C@@H]2CC[C@H]1[C@H](C(=O)NO)N(S(=O)(=O)c1ccc(Oc3ccc(F)cc3)nc1)C2. The number of halogens is 1. The fraction of sp³-hybridized carbons (Fsp3) is 0.350. The van der Waals surface area contributed by atoms with Gasteiger partial charge in [-0.05, 0) is 43.2 Å². The second-order valence-corrected chi connectivity index (χ2v) is 9.45. The first kappa shape index (κ1) is 22.9. The Labute approximate surface area is 188 Å². The fourth-order valence-corrected chi connectivity index (χ4v) is 5.86. The van der Waals surface area contributed by atoms with Crippen molar-refractivity contribution < 1.29 is 37.1 Å². The molecule has 3 heterocycles. The summed E-state index contributed by atoms with van der Waals surface area (Å²) in [4.78, 5) is 29.8. The molecule has 1 aromatic heterocycles. The summed E-state index contributed by atoms with van der Waals surface area (Å²) in [7, 11) is -3.03. The van der Waals surface area contributed by atoms with E-state index in [2.05, 4.69) is 4.98 Å². The van der Waals surface area contributed by atoms with Crippen LogP contribution in [0, 0.1) is 5.82 Å². The van der Waals surface area contributed by atoms with Crippen LogP contribution >= 0.6 is 0 Å². The maximum Gasteiger partial charge on any atom is 0.410 e. The van der Waals surface area contributed by atoms with Crippen molar-refractivity contribution in [1.82, 2.24) is 19.7 Å². The molecule has 2 bridgehead atoms. The number of piperazine rings is 1. The number of ether oxygens (including phenoxy) is 2. The summed E-state index contributed by atoms with van der Waals surface area (Å²) in [5.41, 5.74) is 1.50. The average Bonchev–Trinajstić information content (AvgIpc) is 3.12. The topological polar surface area (TPSA) is 138 Å². The van der Waals surface area contributed by atoms with Crippen molar-refractivity contribution in [3.63, 3.8) is 0 Å². The Kier molecular flexibility index (Phi) is 6.19. The van der Waals surface area contributed by atoms with E-state index in [-0.39, 0.29) is 17.3 Å². The molecule has 2 N–H and O–H groups in total. The van der Waals surface area contributed by atoms with Gasteiger partial charge in [0.25, 0.3) is 5.91 Å². The normalized spacial score (nSPS) is 22.6. The van der Waals surface area contributed by atoms with E-state index in [0.29, 0.717) is 18.6 Å². The largest absolute Gasteiger partial charge is 0.453 e. The van der Waals surface area contributed by atoms with E-state index < -0.39 is 46.0 Å². The number of hydrogen-bond acceptors (Lipinski definition) is 8. The van der Waals surface area contributed by atoms with Gasteiger partial charge in [-0.3, -0.25) is 14.9 Å². The number of rotatable bonds is 5. The number of carbonyl (C=O) groups is 2. The molecule has 33 heavy (non-hydrogen) atoms. The summed E-state index contributed by atoms with van der Waals surface area (Å²) in [6.45, 7) is -0.153. The molecule has 0 spiro atoms. The number of hydrogen-bond donors (Lipinski definition) is 2. The summed E-state index contributed by atoms with van der Waals surface area (Å²) in [5.74, 6) is -0.989. The molecule has 2 fully saturated rings. The molecule has 0 saturated carbocycles. The van der Waals surface area contributed by atoms with Gasteiger partial charge in [-0.25, -0.2) is 28.1 Å². The zero-order valence-corrected chi connectivity index (χ0v) is 18.2. The number of nitrogens with zero attached hydrogens (tertiary/aromatic N) is 3. The van der Waals surface area contributed by atoms with E-state index in [1.165, 1.54) is 53.9 Å². The van der Waals surface area contributed by atoms with Crippen LogP contribution < -0.4 is 10.2 Å². The number of sulfonamides is 1. The van der Waals surface area contributed by atoms with Gasteiger partial charge in [0.1, 0.15) is 22.5 Å². The summed E-state index contributed by atoms with van der Waals surface area (Å²) < 4.78 is 51.1. The van der Waals surface area contributed by atoms with E-state index in [4.69, 9.17) is 9.47 Å². The van der Waals surface area contributed by atoms with Crippen LogP contribution in [0.4, 0.5) is 9.18 Å². The number of pyridine rings is 1. The molecule has 2 aliphatic rings. The number of hydroxylamine groups is 1. The van der Waals surface area contributed by atoms with Crippen LogP contribution in [-0.2, 0) is 19.6 Å². The quantitative estimate of drug-likeness (QED) is 0.485. The lowest BCUT2D eigenvalue weighted by atomic mass is 10.1. The highest BCUT2D eigenvalue weighted by Crippen LogP contribution is 2.37. The summed E-state index contributed by atoms with van der Waals surface area (Å²) in [6.07, 6.45) is 1.26. The molecule has 0 radical (unpaired) electrons. The van der Waals surface area contributed by atoms with Crippen molar-refractivity contribution in [2.24, 2.45) is 0 Å². The van der Waals surface area contributed by atoms with Crippen LogP contribution in [0.1, 0.15) is 12.8 Å². The van der Waals surface area contributed by atoms with E-state index in [1.54, 1.807) is 0 Å². The van der Waals surface area contributed by atoms with E-state index in [0.717, 1.165) is 10.5 Å². The lowest BCUT2D eigenvalue weighted by Gasteiger charge is -2.43. The Bertz CT molecular complexity index is 1140. The molecule has 0 aliphatic carbocycles. The van der Waals surface area contributed by atoms with Crippen LogP contribution in [0.25, 0.3) is 0 Å². The second kappa shape index (κ2) is 8.92. The molecule has 176 valence electrons. The Morgan fingerprint density at radius 2 is 1.91 bits per heavy atom. The molecular formula is C20H21FN4O7S. The first-order valence-electron chi connectivity index (χ1n) is 9.98. The monoisotopic (exact) mass is 480 g/mol. The van der Waals surface area contributed by atoms with Gasteiger partial charge < -0.3 is 9.47 Å². The number of carbonyl (C=O) groups excluding carboxylic acids is 2. The van der Waals surface area contributed by atoms with Gasteiger partial charge in [-0.2, -0.15) is 4.31 Å². The minimum atomic E-state index is -4.23. The molecule has 4 rings (SSSR count). The van der Waals surface area contributed by atoms with Gasteiger partial charge in [0, 0.05) is 18.7 Å². The lowest BCUT2D eigenvalue weighted by Crippen LogP contribution is -2.66. The maximum absolute atomic E-state index is 13.4. The van der Waals surface area contributed by atoms with E-state index in [9.17, 15) is 27.6 Å². The maximum atomic E-state index is 13.4. The van der Waals surface area contributed by atoms with Crippen molar-refractivity contribution in [1.29, 1.82) is 0 Å². The smallest absolute Gasteiger partial charge is 0.410 e. The Balaban J connectivity index is 1.61. The van der Waals surface area contributed by atoms with Gasteiger partial charge in [0.2, 0.25) is 15.9 Å². The van der Waals surface area contributed by atoms with Gasteiger partial charge in [-0.1, -0.05) is 0 Å².